The highest BCUT2D eigenvalue weighted by atomic mass is 19.1. The maximum Gasteiger partial charge on any atom is 0.258 e. The first-order chi connectivity index (χ1) is 16.6. The van der Waals surface area contributed by atoms with Gasteiger partial charge in [-0.05, 0) is 55.3 Å². The van der Waals surface area contributed by atoms with Crippen molar-refractivity contribution in [3.8, 4) is 11.4 Å². The second-order valence-electron chi connectivity index (χ2n) is 9.34. The highest BCUT2D eigenvalue weighted by molar-refractivity contribution is 5.87. The van der Waals surface area contributed by atoms with Gasteiger partial charge in [0.25, 0.3) is 5.56 Å². The van der Waals surface area contributed by atoms with Gasteiger partial charge in [-0.15, -0.1) is 0 Å². The molecular formula is C28H31FN4O2. The number of hydrogen-bond acceptors (Lipinski definition) is 4. The zero-order valence-electron chi connectivity index (χ0n) is 19.2. The minimum absolute atomic E-state index is 0. The van der Waals surface area contributed by atoms with Gasteiger partial charge in [-0.3, -0.25) is 19.2 Å². The first kappa shape index (κ1) is 23.3. The number of fused-ring (bicyclic) bond motifs is 4. The summed E-state index contributed by atoms with van der Waals surface area (Å²) >= 11 is 0. The van der Waals surface area contributed by atoms with E-state index < -0.39 is 5.82 Å². The summed E-state index contributed by atoms with van der Waals surface area (Å²) in [4.78, 5) is 19.5. The number of nitrogens with zero attached hydrogens (tertiary/aromatic N) is 4. The molecular weight excluding hydrogens is 443 g/mol. The Kier molecular flexibility index (Phi) is 6.19. The number of rotatable bonds is 4. The third-order valence-corrected chi connectivity index (χ3v) is 7.30. The number of aromatic nitrogens is 3. The molecule has 1 atom stereocenters. The molecule has 0 radical (unpaired) electrons. The fraction of sp³-hybridized carbons (Fsp3) is 0.357. The molecule has 0 spiro atoms. The quantitative estimate of drug-likeness (QED) is 0.418. The Bertz CT molecular complexity index is 1420. The molecule has 4 aromatic rings. The Hall–Kier alpha value is -3.45. The topological polar surface area (TPSA) is 52.3 Å². The Balaban J connectivity index is 0.00000253. The molecule has 2 aliphatic rings. The van der Waals surface area contributed by atoms with E-state index in [9.17, 15) is 9.18 Å². The second kappa shape index (κ2) is 9.30. The van der Waals surface area contributed by atoms with Gasteiger partial charge >= 0.3 is 0 Å². The summed E-state index contributed by atoms with van der Waals surface area (Å²) in [6.45, 7) is 2.38. The van der Waals surface area contributed by atoms with Crippen molar-refractivity contribution in [3.05, 3.63) is 88.0 Å². The van der Waals surface area contributed by atoms with Gasteiger partial charge < -0.3 is 9.30 Å². The zero-order chi connectivity index (χ0) is 23.2. The molecule has 0 saturated carbocycles. The number of ether oxygens (including phenoxy) is 1. The van der Waals surface area contributed by atoms with Crippen LogP contribution in [0.5, 0.6) is 5.75 Å². The van der Waals surface area contributed by atoms with Gasteiger partial charge in [0.05, 0.1) is 23.1 Å². The first-order valence-corrected chi connectivity index (χ1v) is 11.9. The van der Waals surface area contributed by atoms with Crippen LogP contribution in [0.4, 0.5) is 4.39 Å². The number of piperidine rings is 1. The maximum atomic E-state index is 13.0. The molecule has 35 heavy (non-hydrogen) atoms. The Labute approximate surface area is 204 Å². The molecule has 0 amide bonds. The van der Waals surface area contributed by atoms with Crippen molar-refractivity contribution >= 4 is 10.9 Å². The maximum absolute atomic E-state index is 13.0. The van der Waals surface area contributed by atoms with Gasteiger partial charge in [0.1, 0.15) is 18.2 Å². The van der Waals surface area contributed by atoms with Gasteiger partial charge in [-0.25, -0.2) is 4.39 Å². The Morgan fingerprint density at radius 2 is 2.03 bits per heavy atom. The van der Waals surface area contributed by atoms with Crippen molar-refractivity contribution in [2.24, 2.45) is 7.05 Å². The molecule has 182 valence electrons. The van der Waals surface area contributed by atoms with Crippen LogP contribution in [0.2, 0.25) is 0 Å². The summed E-state index contributed by atoms with van der Waals surface area (Å²) in [6.07, 6.45) is 7.90. The van der Waals surface area contributed by atoms with Crippen LogP contribution in [0, 0.1) is 5.82 Å². The fourth-order valence-corrected chi connectivity index (χ4v) is 5.48. The van der Waals surface area contributed by atoms with Crippen molar-refractivity contribution in [1.82, 2.24) is 19.0 Å². The van der Waals surface area contributed by atoms with Crippen LogP contribution in [0.1, 0.15) is 43.6 Å². The summed E-state index contributed by atoms with van der Waals surface area (Å²) in [5.74, 6) is 0.0673. The number of pyridine rings is 2. The zero-order valence-corrected chi connectivity index (χ0v) is 19.2. The monoisotopic (exact) mass is 474 g/mol. The molecule has 1 fully saturated rings. The molecule has 1 unspecified atom stereocenters. The second-order valence-corrected chi connectivity index (χ2v) is 9.34. The normalized spacial score (nSPS) is 17.5. The molecule has 1 saturated heterocycles. The van der Waals surface area contributed by atoms with E-state index in [1.54, 1.807) is 22.9 Å². The van der Waals surface area contributed by atoms with E-state index in [1.165, 1.54) is 54.6 Å². The van der Waals surface area contributed by atoms with E-state index in [1.807, 2.05) is 6.07 Å². The largest absolute Gasteiger partial charge is 0.487 e. The molecule has 0 bridgehead atoms. The van der Waals surface area contributed by atoms with Crippen molar-refractivity contribution < 1.29 is 9.13 Å². The van der Waals surface area contributed by atoms with E-state index in [0.29, 0.717) is 17.5 Å². The van der Waals surface area contributed by atoms with Gasteiger partial charge in [0, 0.05) is 49.4 Å². The summed E-state index contributed by atoms with van der Waals surface area (Å²) in [6, 6.07) is 13.1. The lowest BCUT2D eigenvalue weighted by atomic mass is 9.91. The minimum Gasteiger partial charge on any atom is -0.487 e. The molecule has 6 nitrogen and oxygen atoms in total. The van der Waals surface area contributed by atoms with E-state index >= 15 is 0 Å². The average Bonchev–Trinajstić information content (AvgIpc) is 3.13. The number of aryl methyl sites for hydroxylation is 1. The van der Waals surface area contributed by atoms with Crippen LogP contribution in [-0.2, 0) is 26.6 Å². The summed E-state index contributed by atoms with van der Waals surface area (Å²) in [7, 11) is 2.15. The summed E-state index contributed by atoms with van der Waals surface area (Å²) < 4.78 is 22.7. The lowest BCUT2D eigenvalue weighted by molar-refractivity contribution is 0.126. The van der Waals surface area contributed by atoms with E-state index in [4.69, 9.17) is 4.74 Å². The number of benzene rings is 1. The van der Waals surface area contributed by atoms with Crippen LogP contribution in [-0.4, -0.2) is 31.6 Å². The van der Waals surface area contributed by atoms with Gasteiger partial charge in [-0.1, -0.05) is 19.9 Å². The lowest BCUT2D eigenvalue weighted by Crippen LogP contribution is -2.43. The first-order valence-electron chi connectivity index (χ1n) is 11.9. The molecule has 7 heteroatoms. The SMILES string of the molecule is C.Cn1c2c(c3ccc(-n4ccc(OCc5ccc(F)cn5)cc4=O)cc31)CN1CCCCC1C2. The Morgan fingerprint density at radius 3 is 2.83 bits per heavy atom. The van der Waals surface area contributed by atoms with Crippen LogP contribution in [0.3, 0.4) is 0 Å². The van der Waals surface area contributed by atoms with Gasteiger partial charge in [-0.2, -0.15) is 0 Å². The van der Waals surface area contributed by atoms with Crippen LogP contribution in [0.25, 0.3) is 16.6 Å². The van der Waals surface area contributed by atoms with Gasteiger partial charge in [0.15, 0.2) is 0 Å². The van der Waals surface area contributed by atoms with Crippen molar-refractivity contribution in [1.29, 1.82) is 0 Å². The predicted molar refractivity (Wildman–Crippen MR) is 136 cm³/mol. The summed E-state index contributed by atoms with van der Waals surface area (Å²) in [5, 5.41) is 1.28. The van der Waals surface area contributed by atoms with Crippen LogP contribution in [0.15, 0.2) is 59.7 Å². The van der Waals surface area contributed by atoms with Crippen LogP contribution < -0.4 is 10.3 Å². The Morgan fingerprint density at radius 1 is 1.14 bits per heavy atom. The van der Waals surface area contributed by atoms with Crippen molar-refractivity contribution in [2.75, 3.05) is 6.54 Å². The third kappa shape index (κ3) is 4.25. The molecule has 6 rings (SSSR count). The number of halogens is 1. The summed E-state index contributed by atoms with van der Waals surface area (Å²) in [5.41, 5.74) is 5.30. The number of hydrogen-bond donors (Lipinski definition) is 0. The highest BCUT2D eigenvalue weighted by Crippen LogP contribution is 2.36. The van der Waals surface area contributed by atoms with Crippen molar-refractivity contribution in [2.45, 2.75) is 52.3 Å². The third-order valence-electron chi connectivity index (χ3n) is 7.30. The molecule has 0 N–H and O–H groups in total. The molecule has 5 heterocycles. The predicted octanol–water partition coefficient (Wildman–Crippen LogP) is 4.99. The standard InChI is InChI=1S/C27H27FN4O2.CH4/c1-30-25-13-21(7-8-23(25)24-16-31-10-3-2-4-20(31)12-26(24)30)32-11-9-22(14-27(32)33)34-17-19-6-5-18(28)15-29-19;/h5-9,11,13-15,20H,2-4,10,12,16-17H2,1H3;1H4. The average molecular weight is 475 g/mol. The molecule has 1 aromatic carbocycles. The fourth-order valence-electron chi connectivity index (χ4n) is 5.48. The van der Waals surface area contributed by atoms with Crippen LogP contribution >= 0.6 is 0 Å². The van der Waals surface area contributed by atoms with Crippen molar-refractivity contribution in [3.63, 3.8) is 0 Å². The minimum atomic E-state index is -0.391. The van der Waals surface area contributed by atoms with E-state index in [-0.39, 0.29) is 19.6 Å². The lowest BCUT2D eigenvalue weighted by Gasteiger charge is -2.39. The van der Waals surface area contributed by atoms with Gasteiger partial charge in [0.2, 0.25) is 0 Å². The highest BCUT2D eigenvalue weighted by Gasteiger charge is 2.31. The van der Waals surface area contributed by atoms with E-state index in [0.717, 1.165) is 30.4 Å². The smallest absolute Gasteiger partial charge is 0.258 e. The molecule has 0 aliphatic carbocycles. The van der Waals surface area contributed by atoms with E-state index in [2.05, 4.69) is 33.6 Å². The molecule has 3 aromatic heterocycles. The molecule has 2 aliphatic heterocycles.